The minimum Gasteiger partial charge on any atom is -0.350 e. The van der Waals surface area contributed by atoms with Crippen molar-refractivity contribution >= 4 is 16.9 Å². The summed E-state index contributed by atoms with van der Waals surface area (Å²) in [5.41, 5.74) is 4.03. The Balaban J connectivity index is 1.70. The van der Waals surface area contributed by atoms with Crippen LogP contribution in [0.2, 0.25) is 0 Å². The molecule has 0 atom stereocenters. The second kappa shape index (κ2) is 7.08. The van der Waals surface area contributed by atoms with Crippen molar-refractivity contribution in [1.29, 1.82) is 0 Å². The molecular weight excluding hydrogens is 312 g/mol. The third-order valence-electron chi connectivity index (χ3n) is 5.23. The van der Waals surface area contributed by atoms with Crippen molar-refractivity contribution in [3.8, 4) is 0 Å². The number of hydrogen-bond acceptors (Lipinski definition) is 4. The minimum absolute atomic E-state index is 0.0273. The Bertz CT molecular complexity index is 779. The molecule has 5 nitrogen and oxygen atoms in total. The van der Waals surface area contributed by atoms with Gasteiger partial charge in [-0.05, 0) is 71.8 Å². The Morgan fingerprint density at radius 2 is 1.72 bits per heavy atom. The van der Waals surface area contributed by atoms with Crippen LogP contribution in [-0.2, 0) is 0 Å². The van der Waals surface area contributed by atoms with Crippen LogP contribution in [-0.4, -0.2) is 45.9 Å². The maximum absolute atomic E-state index is 12.6. The molecule has 5 heteroatoms. The zero-order valence-corrected chi connectivity index (χ0v) is 15.7. The molecule has 134 valence electrons. The molecule has 0 spiro atoms. The molecule has 2 heterocycles. The zero-order chi connectivity index (χ0) is 18.0. The lowest BCUT2D eigenvalue weighted by Crippen LogP contribution is -2.53. The maximum atomic E-state index is 12.6. The highest BCUT2D eigenvalue weighted by atomic mass is 16.1. The second-order valence-corrected chi connectivity index (χ2v) is 7.64. The minimum atomic E-state index is -0.0491. The molecule has 0 aliphatic carbocycles. The summed E-state index contributed by atoms with van der Waals surface area (Å²) in [5.74, 6) is -0.0491. The average molecular weight is 340 g/mol. The summed E-state index contributed by atoms with van der Waals surface area (Å²) in [6, 6.07) is 5.53. The number of benzene rings is 1. The summed E-state index contributed by atoms with van der Waals surface area (Å²) in [6.07, 6.45) is 3.81. The van der Waals surface area contributed by atoms with E-state index in [1.54, 1.807) is 0 Å². The van der Waals surface area contributed by atoms with Crippen LogP contribution in [0.1, 0.15) is 54.9 Å². The number of fused-ring (bicyclic) bond motifs is 1. The van der Waals surface area contributed by atoms with Crippen molar-refractivity contribution in [3.63, 3.8) is 0 Å². The molecule has 1 aromatic heterocycles. The van der Waals surface area contributed by atoms with Gasteiger partial charge >= 0.3 is 0 Å². The third-order valence-corrected chi connectivity index (χ3v) is 5.23. The van der Waals surface area contributed by atoms with Crippen LogP contribution in [0.4, 0.5) is 0 Å². The molecule has 1 aliphatic rings. The standard InChI is InChI=1S/C20H28N4O/c1-14-15(2)23-18-12-16(8-9-17(18)22-14)19(25)21-13-20(3,4)24-10-6-5-7-11-24/h8-9,12H,5-7,10-11,13H2,1-4H3,(H,21,25). The number of amides is 1. The van der Waals surface area contributed by atoms with Gasteiger partial charge in [-0.25, -0.2) is 9.97 Å². The van der Waals surface area contributed by atoms with Gasteiger partial charge in [0.1, 0.15) is 0 Å². The number of carbonyl (C=O) groups excluding carboxylic acids is 1. The highest BCUT2D eigenvalue weighted by Gasteiger charge is 2.28. The lowest BCUT2D eigenvalue weighted by molar-refractivity contribution is 0.0797. The lowest BCUT2D eigenvalue weighted by atomic mass is 9.98. The molecule has 0 radical (unpaired) electrons. The second-order valence-electron chi connectivity index (χ2n) is 7.64. The molecule has 1 amide bonds. The van der Waals surface area contributed by atoms with Crippen molar-refractivity contribution in [2.45, 2.75) is 52.5 Å². The van der Waals surface area contributed by atoms with Gasteiger partial charge in [-0.3, -0.25) is 9.69 Å². The van der Waals surface area contributed by atoms with E-state index in [0.717, 1.165) is 35.5 Å². The maximum Gasteiger partial charge on any atom is 0.251 e. The number of aryl methyl sites for hydroxylation is 2. The molecule has 1 fully saturated rings. The van der Waals surface area contributed by atoms with E-state index in [4.69, 9.17) is 0 Å². The molecule has 3 rings (SSSR count). The van der Waals surface area contributed by atoms with Crippen molar-refractivity contribution in [2.24, 2.45) is 0 Å². The molecule has 0 unspecified atom stereocenters. The van der Waals surface area contributed by atoms with Crippen LogP contribution >= 0.6 is 0 Å². The number of piperidine rings is 1. The fraction of sp³-hybridized carbons (Fsp3) is 0.550. The summed E-state index contributed by atoms with van der Waals surface area (Å²) in [4.78, 5) is 24.1. The van der Waals surface area contributed by atoms with Crippen LogP contribution in [0.25, 0.3) is 11.0 Å². The largest absolute Gasteiger partial charge is 0.350 e. The van der Waals surface area contributed by atoms with Gasteiger partial charge in [-0.15, -0.1) is 0 Å². The van der Waals surface area contributed by atoms with Crippen molar-refractivity contribution in [3.05, 3.63) is 35.2 Å². The highest BCUT2D eigenvalue weighted by Crippen LogP contribution is 2.20. The molecule has 1 saturated heterocycles. The molecule has 0 bridgehead atoms. The smallest absolute Gasteiger partial charge is 0.251 e. The van der Waals surface area contributed by atoms with E-state index in [1.807, 2.05) is 32.0 Å². The summed E-state index contributed by atoms with van der Waals surface area (Å²) in [5, 5.41) is 3.10. The topological polar surface area (TPSA) is 58.1 Å². The molecule has 25 heavy (non-hydrogen) atoms. The number of hydrogen-bond donors (Lipinski definition) is 1. The molecule has 1 aliphatic heterocycles. The van der Waals surface area contributed by atoms with Crippen LogP contribution in [0.3, 0.4) is 0 Å². The Morgan fingerprint density at radius 3 is 2.40 bits per heavy atom. The SMILES string of the molecule is Cc1nc2ccc(C(=O)NCC(C)(C)N3CCCCC3)cc2nc1C. The Morgan fingerprint density at radius 1 is 1.08 bits per heavy atom. The summed E-state index contributed by atoms with van der Waals surface area (Å²) in [6.45, 7) is 11.2. The van der Waals surface area contributed by atoms with Gasteiger partial charge in [0.15, 0.2) is 0 Å². The fourth-order valence-electron chi connectivity index (χ4n) is 3.38. The monoisotopic (exact) mass is 340 g/mol. The van der Waals surface area contributed by atoms with E-state index in [-0.39, 0.29) is 11.4 Å². The number of rotatable bonds is 4. The first-order chi connectivity index (χ1) is 11.9. The van der Waals surface area contributed by atoms with Crippen molar-refractivity contribution in [1.82, 2.24) is 20.2 Å². The normalized spacial score (nSPS) is 16.2. The molecular formula is C20H28N4O. The van der Waals surface area contributed by atoms with Crippen LogP contribution in [0.15, 0.2) is 18.2 Å². The number of carbonyl (C=O) groups is 1. The molecule has 1 aromatic carbocycles. The molecule has 1 N–H and O–H groups in total. The van der Waals surface area contributed by atoms with Crippen molar-refractivity contribution in [2.75, 3.05) is 19.6 Å². The fourth-order valence-corrected chi connectivity index (χ4v) is 3.38. The third kappa shape index (κ3) is 3.98. The average Bonchev–Trinajstić information content (AvgIpc) is 2.61. The van der Waals surface area contributed by atoms with Crippen LogP contribution in [0, 0.1) is 13.8 Å². The van der Waals surface area contributed by atoms with E-state index in [9.17, 15) is 4.79 Å². The number of aromatic nitrogens is 2. The predicted octanol–water partition coefficient (Wildman–Crippen LogP) is 3.24. The quantitative estimate of drug-likeness (QED) is 0.928. The zero-order valence-electron chi connectivity index (χ0n) is 15.7. The van der Waals surface area contributed by atoms with Gasteiger partial charge in [-0.2, -0.15) is 0 Å². The first-order valence-corrected chi connectivity index (χ1v) is 9.15. The van der Waals surface area contributed by atoms with Crippen LogP contribution in [0.5, 0.6) is 0 Å². The van der Waals surface area contributed by atoms with Gasteiger partial charge in [-0.1, -0.05) is 6.42 Å². The summed E-state index contributed by atoms with van der Waals surface area (Å²) < 4.78 is 0. The Labute approximate surface area is 149 Å². The Hall–Kier alpha value is -2.01. The van der Waals surface area contributed by atoms with E-state index in [2.05, 4.69) is 34.0 Å². The van der Waals surface area contributed by atoms with E-state index in [0.29, 0.717) is 12.1 Å². The van der Waals surface area contributed by atoms with Gasteiger partial charge in [0.05, 0.1) is 22.4 Å². The van der Waals surface area contributed by atoms with E-state index >= 15 is 0 Å². The summed E-state index contributed by atoms with van der Waals surface area (Å²) >= 11 is 0. The van der Waals surface area contributed by atoms with Gasteiger partial charge < -0.3 is 5.32 Å². The summed E-state index contributed by atoms with van der Waals surface area (Å²) in [7, 11) is 0. The van der Waals surface area contributed by atoms with Gasteiger partial charge in [0.25, 0.3) is 5.91 Å². The number of nitrogens with one attached hydrogen (secondary N) is 1. The molecule has 2 aromatic rings. The van der Waals surface area contributed by atoms with E-state index in [1.165, 1.54) is 19.3 Å². The predicted molar refractivity (Wildman–Crippen MR) is 101 cm³/mol. The number of likely N-dealkylation sites (tertiary alicyclic amines) is 1. The van der Waals surface area contributed by atoms with Gasteiger partial charge in [0.2, 0.25) is 0 Å². The number of nitrogens with zero attached hydrogens (tertiary/aromatic N) is 3. The van der Waals surface area contributed by atoms with Crippen LogP contribution < -0.4 is 5.32 Å². The molecule has 0 saturated carbocycles. The van der Waals surface area contributed by atoms with Crippen molar-refractivity contribution < 1.29 is 4.79 Å². The van der Waals surface area contributed by atoms with Gasteiger partial charge in [0, 0.05) is 17.6 Å². The first-order valence-electron chi connectivity index (χ1n) is 9.15. The van der Waals surface area contributed by atoms with E-state index < -0.39 is 0 Å². The Kier molecular flexibility index (Phi) is 5.04. The lowest BCUT2D eigenvalue weighted by Gasteiger charge is -2.41. The highest BCUT2D eigenvalue weighted by molar-refractivity contribution is 5.97. The first kappa shape index (κ1) is 17.8.